The van der Waals surface area contributed by atoms with Gasteiger partial charge in [-0.1, -0.05) is 64.0 Å². The van der Waals surface area contributed by atoms with E-state index in [4.69, 9.17) is 16.3 Å². The van der Waals surface area contributed by atoms with Crippen LogP contribution in [0.5, 0.6) is 5.75 Å². The molecule has 0 saturated carbocycles. The summed E-state index contributed by atoms with van der Waals surface area (Å²) in [6, 6.07) is 7.59. The third kappa shape index (κ3) is 9.52. The van der Waals surface area contributed by atoms with Crippen LogP contribution in [0.15, 0.2) is 24.3 Å². The number of rotatable bonds is 12. The van der Waals surface area contributed by atoms with Gasteiger partial charge in [-0.3, -0.25) is 4.79 Å². The summed E-state index contributed by atoms with van der Waals surface area (Å²) in [5.41, 5.74) is 0.925. The maximum atomic E-state index is 10.8. The lowest BCUT2D eigenvalue weighted by atomic mass is 10.1. The molecule has 3 heteroatoms. The van der Waals surface area contributed by atoms with Crippen molar-refractivity contribution in [2.24, 2.45) is 0 Å². The van der Waals surface area contributed by atoms with Crippen molar-refractivity contribution in [1.29, 1.82) is 0 Å². The Morgan fingerprint density at radius 3 is 2.10 bits per heavy atom. The monoisotopic (exact) mass is 310 g/mol. The van der Waals surface area contributed by atoms with E-state index in [1.165, 1.54) is 44.9 Å². The van der Waals surface area contributed by atoms with Crippen LogP contribution in [-0.2, 0) is 11.2 Å². The second-order valence-electron chi connectivity index (χ2n) is 5.50. The first-order valence-corrected chi connectivity index (χ1v) is 8.50. The molecule has 0 atom stereocenters. The lowest BCUT2D eigenvalue weighted by Gasteiger charge is -2.07. The van der Waals surface area contributed by atoms with Gasteiger partial charge in [-0.25, -0.2) is 0 Å². The molecule has 0 N–H and O–H groups in total. The smallest absolute Gasteiger partial charge is 0.226 e. The van der Waals surface area contributed by atoms with Gasteiger partial charge in [0, 0.05) is 6.42 Å². The van der Waals surface area contributed by atoms with Crippen LogP contribution in [0.2, 0.25) is 0 Å². The zero-order valence-electron chi connectivity index (χ0n) is 13.1. The van der Waals surface area contributed by atoms with Crippen molar-refractivity contribution in [2.75, 3.05) is 6.61 Å². The van der Waals surface area contributed by atoms with E-state index in [0.717, 1.165) is 24.3 Å². The number of benzene rings is 1. The molecule has 0 heterocycles. The van der Waals surface area contributed by atoms with Gasteiger partial charge in [0.25, 0.3) is 0 Å². The average Bonchev–Trinajstić information content (AvgIpc) is 2.47. The van der Waals surface area contributed by atoms with Crippen LogP contribution in [0.25, 0.3) is 0 Å². The molecule has 0 aromatic heterocycles. The van der Waals surface area contributed by atoms with Crippen molar-refractivity contribution in [1.82, 2.24) is 0 Å². The van der Waals surface area contributed by atoms with Gasteiger partial charge in [0.2, 0.25) is 5.24 Å². The molecule has 0 radical (unpaired) electrons. The number of halogens is 1. The van der Waals surface area contributed by atoms with Gasteiger partial charge < -0.3 is 4.74 Å². The van der Waals surface area contributed by atoms with E-state index in [2.05, 4.69) is 6.92 Å². The second kappa shape index (κ2) is 11.6. The first kappa shape index (κ1) is 18.0. The molecule has 1 rings (SSSR count). The highest BCUT2D eigenvalue weighted by molar-refractivity contribution is 6.63. The van der Waals surface area contributed by atoms with Crippen LogP contribution in [0.3, 0.4) is 0 Å². The molecule has 0 aliphatic carbocycles. The Kier molecular flexibility index (Phi) is 9.98. The van der Waals surface area contributed by atoms with Crippen LogP contribution in [0, 0.1) is 0 Å². The minimum atomic E-state index is -0.331. The normalized spacial score (nSPS) is 10.6. The third-order valence-corrected chi connectivity index (χ3v) is 3.67. The van der Waals surface area contributed by atoms with Crippen LogP contribution in [0.1, 0.15) is 63.9 Å². The minimum absolute atomic E-state index is 0.278. The highest BCUT2D eigenvalue weighted by atomic mass is 35.5. The summed E-state index contributed by atoms with van der Waals surface area (Å²) in [7, 11) is 0. The van der Waals surface area contributed by atoms with Gasteiger partial charge in [0.05, 0.1) is 6.61 Å². The van der Waals surface area contributed by atoms with Crippen molar-refractivity contribution in [2.45, 2.75) is 64.7 Å². The Hall–Kier alpha value is -1.02. The molecule has 2 nitrogen and oxygen atoms in total. The molecule has 0 fully saturated rings. The number of hydrogen-bond acceptors (Lipinski definition) is 2. The number of unbranched alkanes of at least 4 members (excludes halogenated alkanes) is 7. The summed E-state index contributed by atoms with van der Waals surface area (Å²) >= 11 is 5.35. The van der Waals surface area contributed by atoms with Crippen molar-refractivity contribution >= 4 is 16.8 Å². The van der Waals surface area contributed by atoms with Crippen LogP contribution >= 0.6 is 11.6 Å². The first-order chi connectivity index (χ1) is 10.2. The van der Waals surface area contributed by atoms with Crippen molar-refractivity contribution in [3.8, 4) is 5.75 Å². The van der Waals surface area contributed by atoms with E-state index in [0.29, 0.717) is 0 Å². The number of carbonyl (C=O) groups excluding carboxylic acids is 1. The van der Waals surface area contributed by atoms with Gasteiger partial charge in [-0.05, 0) is 35.7 Å². The average molecular weight is 311 g/mol. The van der Waals surface area contributed by atoms with Crippen LogP contribution in [-0.4, -0.2) is 11.8 Å². The number of carbonyl (C=O) groups is 1. The quantitative estimate of drug-likeness (QED) is 0.375. The molecular weight excluding hydrogens is 284 g/mol. The summed E-state index contributed by atoms with van der Waals surface area (Å²) in [4.78, 5) is 10.8. The predicted octanol–water partition coefficient (Wildman–Crippen LogP) is 5.51. The fourth-order valence-corrected chi connectivity index (χ4v) is 2.44. The molecular formula is C18H27ClO2. The fraction of sp³-hybridized carbons (Fsp3) is 0.611. The molecule has 0 aliphatic rings. The Bertz CT molecular complexity index is 387. The Morgan fingerprint density at radius 2 is 1.52 bits per heavy atom. The second-order valence-corrected chi connectivity index (χ2v) is 5.92. The molecule has 0 saturated heterocycles. The largest absolute Gasteiger partial charge is 0.494 e. The molecule has 0 spiro atoms. The third-order valence-electron chi connectivity index (χ3n) is 3.53. The van der Waals surface area contributed by atoms with Gasteiger partial charge in [-0.15, -0.1) is 0 Å². The maximum Gasteiger partial charge on any atom is 0.226 e. The highest BCUT2D eigenvalue weighted by Gasteiger charge is 2.00. The van der Waals surface area contributed by atoms with Crippen LogP contribution < -0.4 is 4.74 Å². The van der Waals surface area contributed by atoms with Crippen LogP contribution in [0.4, 0.5) is 0 Å². The zero-order valence-corrected chi connectivity index (χ0v) is 13.8. The Balaban J connectivity index is 2.03. The lowest BCUT2D eigenvalue weighted by Crippen LogP contribution is -1.98. The summed E-state index contributed by atoms with van der Waals surface area (Å²) < 4.78 is 5.69. The summed E-state index contributed by atoms with van der Waals surface area (Å²) in [6.45, 7) is 3.01. The van der Waals surface area contributed by atoms with E-state index >= 15 is 0 Å². The predicted molar refractivity (Wildman–Crippen MR) is 89.1 cm³/mol. The summed E-state index contributed by atoms with van der Waals surface area (Å²) in [5, 5.41) is -0.331. The standard InChI is InChI=1S/C18H27ClO2/c1-2-3-4-5-6-7-8-9-14-21-17-12-10-16(11-13-17)15-18(19)20/h10-13H,2-9,14-15H2,1H3. The molecule has 0 amide bonds. The number of ether oxygens (including phenoxy) is 1. The van der Waals surface area contributed by atoms with Gasteiger partial charge in [0.15, 0.2) is 0 Å². The first-order valence-electron chi connectivity index (χ1n) is 8.12. The Labute approximate surface area is 133 Å². The number of hydrogen-bond donors (Lipinski definition) is 0. The molecule has 0 unspecified atom stereocenters. The topological polar surface area (TPSA) is 26.3 Å². The summed E-state index contributed by atoms with van der Waals surface area (Å²) in [6.07, 6.45) is 10.7. The molecule has 0 bridgehead atoms. The highest BCUT2D eigenvalue weighted by Crippen LogP contribution is 2.14. The van der Waals surface area contributed by atoms with E-state index in [-0.39, 0.29) is 11.7 Å². The van der Waals surface area contributed by atoms with Crippen molar-refractivity contribution < 1.29 is 9.53 Å². The maximum absolute atomic E-state index is 10.8. The fourth-order valence-electron chi connectivity index (χ4n) is 2.29. The summed E-state index contributed by atoms with van der Waals surface area (Å²) in [5.74, 6) is 0.865. The van der Waals surface area contributed by atoms with E-state index < -0.39 is 0 Å². The van der Waals surface area contributed by atoms with E-state index in [9.17, 15) is 4.79 Å². The van der Waals surface area contributed by atoms with E-state index in [1.54, 1.807) is 0 Å². The van der Waals surface area contributed by atoms with Gasteiger partial charge in [-0.2, -0.15) is 0 Å². The van der Waals surface area contributed by atoms with Gasteiger partial charge >= 0.3 is 0 Å². The molecule has 118 valence electrons. The molecule has 21 heavy (non-hydrogen) atoms. The van der Waals surface area contributed by atoms with Crippen molar-refractivity contribution in [3.05, 3.63) is 29.8 Å². The molecule has 1 aromatic carbocycles. The zero-order chi connectivity index (χ0) is 15.3. The molecule has 0 aliphatic heterocycles. The van der Waals surface area contributed by atoms with Gasteiger partial charge in [0.1, 0.15) is 5.75 Å². The minimum Gasteiger partial charge on any atom is -0.494 e. The SMILES string of the molecule is CCCCCCCCCCOc1ccc(CC(=O)Cl)cc1. The molecule has 1 aromatic rings. The lowest BCUT2D eigenvalue weighted by molar-refractivity contribution is -0.111. The van der Waals surface area contributed by atoms with Crippen molar-refractivity contribution in [3.63, 3.8) is 0 Å². The Morgan fingerprint density at radius 1 is 0.952 bits per heavy atom. The van der Waals surface area contributed by atoms with E-state index in [1.807, 2.05) is 24.3 Å².